The van der Waals surface area contributed by atoms with Crippen molar-refractivity contribution in [3.8, 4) is 0 Å². The van der Waals surface area contributed by atoms with Gasteiger partial charge in [0.2, 0.25) is 35.4 Å². The molecule has 10 unspecified atom stereocenters. The number of alkyl halides is 3. The van der Waals surface area contributed by atoms with Gasteiger partial charge in [0.15, 0.2) is 0 Å². The van der Waals surface area contributed by atoms with Gasteiger partial charge in [-0.15, -0.1) is 0 Å². The Balaban J connectivity index is 1.11. The van der Waals surface area contributed by atoms with E-state index < -0.39 is 96.8 Å². The fourth-order valence-corrected chi connectivity index (χ4v) is 10.4. The number of halogens is 3. The van der Waals surface area contributed by atoms with E-state index in [0.29, 0.717) is 32.1 Å². The topological polar surface area (TPSA) is 181 Å². The second kappa shape index (κ2) is 24.0. The first kappa shape index (κ1) is 52.3. The molecule has 68 heavy (non-hydrogen) atoms. The zero-order chi connectivity index (χ0) is 49.1. The Hall–Kier alpha value is -5.03. The fraction of sp³-hybridized carbons (Fsp3) is 0.647. The highest BCUT2D eigenvalue weighted by Gasteiger charge is 2.52. The van der Waals surface area contributed by atoms with Crippen molar-refractivity contribution in [3.05, 3.63) is 70.8 Å². The Bertz CT molecular complexity index is 2090. The van der Waals surface area contributed by atoms with Crippen LogP contribution in [0.3, 0.4) is 0 Å². The van der Waals surface area contributed by atoms with Gasteiger partial charge in [-0.05, 0) is 114 Å². The molecule has 6 amide bonds. The van der Waals surface area contributed by atoms with Gasteiger partial charge in [0, 0.05) is 18.9 Å². The number of amides is 6. The number of benzene rings is 2. The van der Waals surface area contributed by atoms with Gasteiger partial charge in [-0.2, -0.15) is 0 Å². The maximum absolute atomic E-state index is 15.3. The first-order chi connectivity index (χ1) is 32.5. The van der Waals surface area contributed by atoms with Gasteiger partial charge in [-0.3, -0.25) is 28.8 Å². The molecule has 0 saturated carbocycles. The van der Waals surface area contributed by atoms with E-state index >= 15 is 13.2 Å². The summed E-state index contributed by atoms with van der Waals surface area (Å²) in [5, 5.41) is 17.5. The third kappa shape index (κ3) is 13.0. The number of carbonyl (C=O) groups excluding carboxylic acids is 6. The number of aryl methyl sites for hydroxylation is 2. The van der Waals surface area contributed by atoms with Crippen molar-refractivity contribution in [3.63, 3.8) is 0 Å². The summed E-state index contributed by atoms with van der Waals surface area (Å²) in [5.74, 6) is -7.00. The van der Waals surface area contributed by atoms with Gasteiger partial charge in [-0.1, -0.05) is 81.1 Å². The standard InChI is InChI=1S/C51H73F3N8O6/c1-6-38(52)35-27-43(47(65)57-39-25-15-19-33-17-11-13-21-36(33)39)61(29-35)49(67)41(59-45(63)31(2)55-4)23-9-7-8-10-24-42(60-46(64)32(3)56-5)50(68)62-30-51(53,54)28-44(62)48(66)58-40-26-16-20-34-18-12-14-22-37(34)40/h11-14,17-18,21-22,31-32,35,38-44,55-56H,6-10,15-16,19-20,23-30H2,1-5H3,(H,57,65)(H,58,66)(H,59,63)(H,60,64). The van der Waals surface area contributed by atoms with Crippen LogP contribution in [0.2, 0.25) is 0 Å². The minimum Gasteiger partial charge on any atom is -0.347 e. The van der Waals surface area contributed by atoms with Crippen LogP contribution in [-0.2, 0) is 41.6 Å². The van der Waals surface area contributed by atoms with Crippen LogP contribution in [0.4, 0.5) is 13.2 Å². The van der Waals surface area contributed by atoms with Gasteiger partial charge in [0.05, 0.1) is 30.7 Å². The van der Waals surface area contributed by atoms with E-state index in [2.05, 4.69) is 38.0 Å². The molecule has 2 aromatic rings. The van der Waals surface area contributed by atoms with Crippen molar-refractivity contribution >= 4 is 35.4 Å². The fourth-order valence-electron chi connectivity index (χ4n) is 10.4. The summed E-state index contributed by atoms with van der Waals surface area (Å²) in [6.07, 6.45) is 5.41. The quantitative estimate of drug-likeness (QED) is 0.0936. The van der Waals surface area contributed by atoms with E-state index in [1.54, 1.807) is 34.9 Å². The summed E-state index contributed by atoms with van der Waals surface area (Å²) < 4.78 is 45.7. The molecule has 2 aliphatic heterocycles. The van der Waals surface area contributed by atoms with Crippen molar-refractivity contribution in [2.45, 2.75) is 178 Å². The third-order valence-corrected chi connectivity index (χ3v) is 14.7. The lowest BCUT2D eigenvalue weighted by molar-refractivity contribution is -0.142. The average Bonchev–Trinajstić information content (AvgIpc) is 3.94. The lowest BCUT2D eigenvalue weighted by Gasteiger charge is -2.32. The van der Waals surface area contributed by atoms with E-state index in [4.69, 9.17) is 0 Å². The van der Waals surface area contributed by atoms with Crippen LogP contribution in [0.25, 0.3) is 0 Å². The number of rotatable bonds is 21. The molecule has 0 spiro atoms. The summed E-state index contributed by atoms with van der Waals surface area (Å²) in [4.78, 5) is 85.5. The predicted molar refractivity (Wildman–Crippen MR) is 253 cm³/mol. The first-order valence-electron chi connectivity index (χ1n) is 24.9. The third-order valence-electron chi connectivity index (χ3n) is 14.7. The Morgan fingerprint density at radius 2 is 1.16 bits per heavy atom. The van der Waals surface area contributed by atoms with Crippen molar-refractivity contribution < 1.29 is 41.9 Å². The van der Waals surface area contributed by atoms with Crippen LogP contribution < -0.4 is 31.9 Å². The van der Waals surface area contributed by atoms with Crippen LogP contribution >= 0.6 is 0 Å². The average molecular weight is 951 g/mol. The van der Waals surface area contributed by atoms with Crippen molar-refractivity contribution in [2.75, 3.05) is 27.2 Å². The molecule has 6 N–H and O–H groups in total. The van der Waals surface area contributed by atoms with Crippen LogP contribution in [0.5, 0.6) is 0 Å². The smallest absolute Gasteiger partial charge is 0.267 e. The Kier molecular flexibility index (Phi) is 18.5. The van der Waals surface area contributed by atoms with Crippen LogP contribution in [0.15, 0.2) is 48.5 Å². The Labute approximate surface area is 399 Å². The molecular formula is C51H73F3N8O6. The number of unbranched alkanes of at least 4 members (excludes halogenated alkanes) is 3. The van der Waals surface area contributed by atoms with Gasteiger partial charge in [0.25, 0.3) is 5.92 Å². The molecule has 0 radical (unpaired) electrons. The molecule has 374 valence electrons. The molecule has 0 bridgehead atoms. The van der Waals surface area contributed by atoms with Crippen molar-refractivity contribution in [1.29, 1.82) is 0 Å². The highest BCUT2D eigenvalue weighted by molar-refractivity contribution is 5.95. The van der Waals surface area contributed by atoms with Crippen molar-refractivity contribution in [2.24, 2.45) is 5.92 Å². The number of nitrogens with one attached hydrogen (secondary N) is 6. The lowest BCUT2D eigenvalue weighted by atomic mass is 9.87. The first-order valence-corrected chi connectivity index (χ1v) is 24.9. The van der Waals surface area contributed by atoms with Crippen molar-refractivity contribution in [1.82, 2.24) is 41.7 Å². The van der Waals surface area contributed by atoms with E-state index in [9.17, 15) is 28.8 Å². The molecule has 2 aliphatic carbocycles. The van der Waals surface area contributed by atoms with E-state index in [1.165, 1.54) is 10.5 Å². The summed E-state index contributed by atoms with van der Waals surface area (Å²) in [6.45, 7) is 4.09. The number of likely N-dealkylation sites (tertiary alicyclic amines) is 2. The molecular weight excluding hydrogens is 878 g/mol. The highest BCUT2D eigenvalue weighted by Crippen LogP contribution is 2.36. The second-order valence-electron chi connectivity index (χ2n) is 19.4. The highest BCUT2D eigenvalue weighted by atomic mass is 19.3. The van der Waals surface area contributed by atoms with Crippen LogP contribution in [0, 0.1) is 5.92 Å². The largest absolute Gasteiger partial charge is 0.347 e. The second-order valence-corrected chi connectivity index (χ2v) is 19.4. The van der Waals surface area contributed by atoms with Crippen LogP contribution in [0.1, 0.15) is 139 Å². The number of hydrogen-bond donors (Lipinski definition) is 6. The molecule has 4 aliphatic rings. The van der Waals surface area contributed by atoms with Crippen LogP contribution in [-0.4, -0.2) is 121 Å². The van der Waals surface area contributed by atoms with E-state index in [1.807, 2.05) is 42.5 Å². The molecule has 6 rings (SSSR count). The number of nitrogens with zero attached hydrogens (tertiary/aromatic N) is 2. The number of carbonyl (C=O) groups is 6. The van der Waals surface area contributed by atoms with Gasteiger partial charge in [0.1, 0.15) is 30.3 Å². The molecule has 10 atom stereocenters. The lowest BCUT2D eigenvalue weighted by Crippen LogP contribution is -2.56. The maximum Gasteiger partial charge on any atom is 0.267 e. The van der Waals surface area contributed by atoms with E-state index in [0.717, 1.165) is 53.7 Å². The number of fused-ring (bicyclic) bond motifs is 2. The summed E-state index contributed by atoms with van der Waals surface area (Å²) in [7, 11) is 3.21. The molecule has 2 heterocycles. The summed E-state index contributed by atoms with van der Waals surface area (Å²) in [6, 6.07) is 9.19. The zero-order valence-corrected chi connectivity index (χ0v) is 40.4. The normalized spacial score (nSPS) is 24.1. The molecule has 17 heteroatoms. The zero-order valence-electron chi connectivity index (χ0n) is 40.4. The number of hydrogen-bond acceptors (Lipinski definition) is 8. The SMILES string of the molecule is CCC(F)C1CC(C(=O)NC2CCCc3ccccc32)N(C(=O)C(CCCCCCC(NC(=O)C(C)NC)C(=O)N2CC(F)(F)CC2C(=O)NC2CCCc3ccccc32)NC(=O)C(C)NC)C1. The Morgan fingerprint density at radius 3 is 1.65 bits per heavy atom. The predicted octanol–water partition coefficient (Wildman–Crippen LogP) is 5.10. The Morgan fingerprint density at radius 1 is 0.691 bits per heavy atom. The number of likely N-dealkylation sites (N-methyl/N-ethyl adjacent to an activating group) is 2. The maximum atomic E-state index is 15.3. The summed E-state index contributed by atoms with van der Waals surface area (Å²) >= 11 is 0. The van der Waals surface area contributed by atoms with Gasteiger partial charge in [-0.25, -0.2) is 13.2 Å². The van der Waals surface area contributed by atoms with E-state index in [-0.39, 0.29) is 50.2 Å². The van der Waals surface area contributed by atoms with Gasteiger partial charge >= 0.3 is 0 Å². The molecule has 14 nitrogen and oxygen atoms in total. The van der Waals surface area contributed by atoms with Gasteiger partial charge < -0.3 is 41.7 Å². The minimum atomic E-state index is -3.31. The molecule has 2 aromatic carbocycles. The molecule has 0 aromatic heterocycles. The molecule has 2 saturated heterocycles. The molecule has 2 fully saturated rings. The monoisotopic (exact) mass is 951 g/mol. The summed E-state index contributed by atoms with van der Waals surface area (Å²) in [5.41, 5.74) is 4.23. The minimum absolute atomic E-state index is 0.0362.